The van der Waals surface area contributed by atoms with Crippen LogP contribution in [-0.2, 0) is 4.79 Å². The minimum atomic E-state index is -0.0681. The van der Waals surface area contributed by atoms with Crippen LogP contribution >= 0.6 is 0 Å². The minimum absolute atomic E-state index is 0.0228. The van der Waals surface area contributed by atoms with Crippen LogP contribution in [0.25, 0.3) is 0 Å². The Morgan fingerprint density at radius 2 is 2.29 bits per heavy atom. The first-order valence-corrected chi connectivity index (χ1v) is 6.49. The second-order valence-electron chi connectivity index (χ2n) is 4.80. The Hall–Kier alpha value is -0.870. The zero-order chi connectivity index (χ0) is 12.7. The van der Waals surface area contributed by atoms with Gasteiger partial charge in [0, 0.05) is 19.2 Å². The van der Waals surface area contributed by atoms with Gasteiger partial charge in [-0.05, 0) is 25.2 Å². The van der Waals surface area contributed by atoms with Crippen LogP contribution in [0.2, 0.25) is 0 Å². The minimum Gasteiger partial charge on any atom is -0.396 e. The van der Waals surface area contributed by atoms with Gasteiger partial charge in [-0.25, -0.2) is 0 Å². The molecular weight excluding hydrogens is 216 g/mol. The van der Waals surface area contributed by atoms with E-state index in [9.17, 15) is 4.79 Å². The van der Waals surface area contributed by atoms with Gasteiger partial charge in [0.05, 0.1) is 5.92 Å². The van der Waals surface area contributed by atoms with Crippen LogP contribution in [0.5, 0.6) is 0 Å². The molecule has 0 aliphatic heterocycles. The van der Waals surface area contributed by atoms with Crippen molar-refractivity contribution < 1.29 is 9.90 Å². The second-order valence-corrected chi connectivity index (χ2v) is 4.80. The molecule has 0 aromatic rings. The van der Waals surface area contributed by atoms with Gasteiger partial charge in [0.25, 0.3) is 0 Å². The molecule has 0 fully saturated rings. The number of amides is 1. The Balaban J connectivity index is 2.28. The predicted octanol–water partition coefficient (Wildman–Crippen LogP) is 0.805. The second kappa shape index (κ2) is 7.45. The summed E-state index contributed by atoms with van der Waals surface area (Å²) in [6.07, 6.45) is 7.37. The SMILES string of the molecule is CCCC(CCO)CNC(=O)C1C=CC(N)C1. The van der Waals surface area contributed by atoms with Crippen LogP contribution in [-0.4, -0.2) is 30.2 Å². The highest BCUT2D eigenvalue weighted by Crippen LogP contribution is 2.17. The van der Waals surface area contributed by atoms with Crippen molar-refractivity contribution in [2.24, 2.45) is 17.6 Å². The molecule has 0 radical (unpaired) electrons. The number of nitrogens with one attached hydrogen (secondary N) is 1. The number of rotatable bonds is 7. The van der Waals surface area contributed by atoms with Crippen molar-refractivity contribution in [1.29, 1.82) is 0 Å². The highest BCUT2D eigenvalue weighted by atomic mass is 16.3. The molecule has 0 bridgehead atoms. The fourth-order valence-electron chi connectivity index (χ4n) is 2.24. The lowest BCUT2D eigenvalue weighted by Gasteiger charge is -2.17. The summed E-state index contributed by atoms with van der Waals surface area (Å²) in [6, 6.07) is 0.0228. The summed E-state index contributed by atoms with van der Waals surface area (Å²) in [4.78, 5) is 11.8. The fraction of sp³-hybridized carbons (Fsp3) is 0.769. The average molecular weight is 240 g/mol. The zero-order valence-corrected chi connectivity index (χ0v) is 10.6. The number of carbonyl (C=O) groups excluding carboxylic acids is 1. The maximum Gasteiger partial charge on any atom is 0.227 e. The van der Waals surface area contributed by atoms with Gasteiger partial charge in [-0.1, -0.05) is 25.5 Å². The van der Waals surface area contributed by atoms with E-state index >= 15 is 0 Å². The van der Waals surface area contributed by atoms with Crippen molar-refractivity contribution in [2.75, 3.05) is 13.2 Å². The number of nitrogens with two attached hydrogens (primary N) is 1. The molecule has 98 valence electrons. The molecule has 1 aliphatic carbocycles. The molecule has 1 rings (SSSR count). The molecule has 0 aromatic carbocycles. The molecule has 17 heavy (non-hydrogen) atoms. The van der Waals surface area contributed by atoms with Gasteiger partial charge in [-0.15, -0.1) is 0 Å². The quantitative estimate of drug-likeness (QED) is 0.576. The average Bonchev–Trinajstić information content (AvgIpc) is 2.73. The first kappa shape index (κ1) is 14.2. The van der Waals surface area contributed by atoms with E-state index in [1.165, 1.54) is 0 Å². The van der Waals surface area contributed by atoms with E-state index in [1.54, 1.807) is 0 Å². The summed E-state index contributed by atoms with van der Waals surface area (Å²) >= 11 is 0. The molecule has 4 heteroatoms. The van der Waals surface area contributed by atoms with E-state index in [0.29, 0.717) is 18.9 Å². The van der Waals surface area contributed by atoms with Gasteiger partial charge in [-0.2, -0.15) is 0 Å². The highest BCUT2D eigenvalue weighted by molar-refractivity contribution is 5.81. The summed E-state index contributed by atoms with van der Waals surface area (Å²) in [7, 11) is 0. The van der Waals surface area contributed by atoms with Crippen molar-refractivity contribution in [2.45, 2.75) is 38.6 Å². The molecule has 4 nitrogen and oxygen atoms in total. The molecule has 3 unspecified atom stereocenters. The Morgan fingerprint density at radius 3 is 2.82 bits per heavy atom. The number of aliphatic hydroxyl groups is 1. The molecule has 0 saturated heterocycles. The van der Waals surface area contributed by atoms with E-state index in [-0.39, 0.29) is 24.5 Å². The molecule has 3 atom stereocenters. The van der Waals surface area contributed by atoms with Gasteiger partial charge in [0.2, 0.25) is 5.91 Å². The number of hydrogen-bond donors (Lipinski definition) is 3. The van der Waals surface area contributed by atoms with Gasteiger partial charge < -0.3 is 16.2 Å². The van der Waals surface area contributed by atoms with Crippen LogP contribution in [0, 0.1) is 11.8 Å². The number of hydrogen-bond acceptors (Lipinski definition) is 3. The van der Waals surface area contributed by atoms with Gasteiger partial charge in [0.1, 0.15) is 0 Å². The van der Waals surface area contributed by atoms with Crippen molar-refractivity contribution in [3.63, 3.8) is 0 Å². The van der Waals surface area contributed by atoms with Crippen LogP contribution in [0.15, 0.2) is 12.2 Å². The van der Waals surface area contributed by atoms with Crippen molar-refractivity contribution in [1.82, 2.24) is 5.32 Å². The summed E-state index contributed by atoms with van der Waals surface area (Å²) in [5, 5.41) is 11.9. The van der Waals surface area contributed by atoms with Gasteiger partial charge in [0.15, 0.2) is 0 Å². The van der Waals surface area contributed by atoms with Crippen LogP contribution in [0.3, 0.4) is 0 Å². The van der Waals surface area contributed by atoms with Gasteiger partial charge >= 0.3 is 0 Å². The third kappa shape index (κ3) is 4.88. The third-order valence-electron chi connectivity index (χ3n) is 3.25. The van der Waals surface area contributed by atoms with Crippen LogP contribution < -0.4 is 11.1 Å². The predicted molar refractivity (Wildman–Crippen MR) is 68.3 cm³/mol. The van der Waals surface area contributed by atoms with E-state index in [4.69, 9.17) is 10.8 Å². The van der Waals surface area contributed by atoms with E-state index in [2.05, 4.69) is 12.2 Å². The normalized spacial score (nSPS) is 24.9. The van der Waals surface area contributed by atoms with E-state index in [1.807, 2.05) is 12.2 Å². The summed E-state index contributed by atoms with van der Waals surface area (Å²) in [6.45, 7) is 2.96. The topological polar surface area (TPSA) is 75.3 Å². The third-order valence-corrected chi connectivity index (χ3v) is 3.25. The monoisotopic (exact) mass is 240 g/mol. The first-order chi connectivity index (χ1) is 8.17. The van der Waals surface area contributed by atoms with Crippen molar-refractivity contribution in [3.8, 4) is 0 Å². The first-order valence-electron chi connectivity index (χ1n) is 6.49. The zero-order valence-electron chi connectivity index (χ0n) is 10.6. The maximum atomic E-state index is 11.8. The largest absolute Gasteiger partial charge is 0.396 e. The molecular formula is C13H24N2O2. The number of carbonyl (C=O) groups is 1. The molecule has 4 N–H and O–H groups in total. The fourth-order valence-corrected chi connectivity index (χ4v) is 2.24. The molecule has 1 aliphatic rings. The van der Waals surface area contributed by atoms with Gasteiger partial charge in [-0.3, -0.25) is 4.79 Å². The van der Waals surface area contributed by atoms with Crippen molar-refractivity contribution in [3.05, 3.63) is 12.2 Å². The Morgan fingerprint density at radius 1 is 1.53 bits per heavy atom. The summed E-state index contributed by atoms with van der Waals surface area (Å²) in [5.74, 6) is 0.377. The Labute approximate surface area is 103 Å². The standard InChI is InChI=1S/C13H24N2O2/c1-2-3-10(6-7-16)9-15-13(17)11-4-5-12(14)8-11/h4-5,10-12,16H,2-3,6-9,14H2,1H3,(H,15,17). The smallest absolute Gasteiger partial charge is 0.227 e. The lowest BCUT2D eigenvalue weighted by atomic mass is 9.99. The molecule has 0 heterocycles. The van der Waals surface area contributed by atoms with E-state index < -0.39 is 0 Å². The molecule has 0 aromatic heterocycles. The van der Waals surface area contributed by atoms with Crippen molar-refractivity contribution >= 4 is 5.91 Å². The molecule has 1 amide bonds. The van der Waals surface area contributed by atoms with Crippen LogP contribution in [0.1, 0.15) is 32.6 Å². The van der Waals surface area contributed by atoms with E-state index in [0.717, 1.165) is 19.3 Å². The number of aliphatic hydroxyl groups excluding tert-OH is 1. The lowest BCUT2D eigenvalue weighted by Crippen LogP contribution is -2.34. The maximum absolute atomic E-state index is 11.8. The summed E-state index contributed by atoms with van der Waals surface area (Å²) < 4.78 is 0. The summed E-state index contributed by atoms with van der Waals surface area (Å²) in [5.41, 5.74) is 5.71. The lowest BCUT2D eigenvalue weighted by molar-refractivity contribution is -0.123. The molecule has 0 saturated carbocycles. The Bertz CT molecular complexity index is 260. The Kier molecular flexibility index (Phi) is 6.22. The molecule has 0 spiro atoms. The highest BCUT2D eigenvalue weighted by Gasteiger charge is 2.22. The van der Waals surface area contributed by atoms with Crippen LogP contribution in [0.4, 0.5) is 0 Å².